The summed E-state index contributed by atoms with van der Waals surface area (Å²) in [6.07, 6.45) is 0.882. The van der Waals surface area contributed by atoms with Crippen molar-refractivity contribution in [1.29, 1.82) is 5.41 Å². The van der Waals surface area contributed by atoms with Gasteiger partial charge in [-0.3, -0.25) is 0 Å². The minimum absolute atomic E-state index is 0.646. The molecule has 58 valence electrons. The Morgan fingerprint density at radius 2 is 2.00 bits per heavy atom. The summed E-state index contributed by atoms with van der Waals surface area (Å²) in [5, 5.41) is 7.48. The second-order valence-electron chi connectivity index (χ2n) is 2.67. The highest BCUT2D eigenvalue weighted by Crippen LogP contribution is 1.98. The fraction of sp³-hybridized carbons (Fsp3) is 0.625. The van der Waals surface area contributed by atoms with Gasteiger partial charge in [0.25, 0.3) is 0 Å². The molecular weight excluding hydrogens is 124 g/mol. The van der Waals surface area contributed by atoms with Crippen molar-refractivity contribution in [2.45, 2.75) is 13.3 Å². The summed E-state index contributed by atoms with van der Waals surface area (Å²) in [4.78, 5) is 1.98. The largest absolute Gasteiger partial charge is 0.304 e. The average Bonchev–Trinajstić information content (AvgIpc) is 1.85. The first-order valence-electron chi connectivity index (χ1n) is 3.48. The van der Waals surface area contributed by atoms with Crippen LogP contribution >= 0.6 is 0 Å². The zero-order chi connectivity index (χ0) is 8.15. The third kappa shape index (κ3) is 3.41. The van der Waals surface area contributed by atoms with Gasteiger partial charge in [-0.1, -0.05) is 13.5 Å². The Bertz CT molecular complexity index is 136. The summed E-state index contributed by atoms with van der Waals surface area (Å²) in [6, 6.07) is 0. The molecule has 0 heterocycles. The van der Waals surface area contributed by atoms with E-state index in [0.717, 1.165) is 12.0 Å². The van der Waals surface area contributed by atoms with Crippen molar-refractivity contribution in [3.8, 4) is 0 Å². The van der Waals surface area contributed by atoms with E-state index in [1.54, 1.807) is 0 Å². The fourth-order valence-corrected chi connectivity index (χ4v) is 0.641. The molecule has 10 heavy (non-hydrogen) atoms. The molecule has 0 saturated heterocycles. The molecule has 0 aromatic rings. The van der Waals surface area contributed by atoms with Gasteiger partial charge >= 0.3 is 0 Å². The highest BCUT2D eigenvalue weighted by Gasteiger charge is 2.00. The summed E-state index contributed by atoms with van der Waals surface area (Å²) >= 11 is 0. The van der Waals surface area contributed by atoms with Gasteiger partial charge in [-0.2, -0.15) is 0 Å². The predicted octanol–water partition coefficient (Wildman–Crippen LogP) is 1.53. The van der Waals surface area contributed by atoms with Crippen molar-refractivity contribution in [3.63, 3.8) is 0 Å². The summed E-state index contributed by atoms with van der Waals surface area (Å²) < 4.78 is 0. The fourth-order valence-electron chi connectivity index (χ4n) is 0.641. The minimum Gasteiger partial charge on any atom is -0.304 e. The monoisotopic (exact) mass is 140 g/mol. The first-order chi connectivity index (χ1) is 4.57. The molecule has 2 heteroatoms. The zero-order valence-corrected chi connectivity index (χ0v) is 7.07. The molecule has 0 aliphatic rings. The van der Waals surface area contributed by atoms with Crippen LogP contribution in [-0.4, -0.2) is 31.3 Å². The Labute approximate surface area is 63.0 Å². The molecule has 0 unspecified atom stereocenters. The Kier molecular flexibility index (Phi) is 3.96. The van der Waals surface area contributed by atoms with Gasteiger partial charge in [0.05, 0.1) is 0 Å². The van der Waals surface area contributed by atoms with Crippen LogP contribution in [0, 0.1) is 5.41 Å². The number of hydrogen-bond acceptors (Lipinski definition) is 2. The number of hydrogen-bond donors (Lipinski definition) is 1. The lowest BCUT2D eigenvalue weighted by Gasteiger charge is -2.10. The molecule has 0 saturated carbocycles. The molecule has 0 aliphatic carbocycles. The van der Waals surface area contributed by atoms with Crippen LogP contribution < -0.4 is 0 Å². The summed E-state index contributed by atoms with van der Waals surface area (Å²) in [6.45, 7) is 6.50. The van der Waals surface area contributed by atoms with E-state index in [2.05, 4.69) is 6.58 Å². The van der Waals surface area contributed by atoms with Gasteiger partial charge in [-0.15, -0.1) is 0 Å². The highest BCUT2D eigenvalue weighted by atomic mass is 15.1. The maximum absolute atomic E-state index is 7.48. The Balaban J connectivity index is 3.74. The SMILES string of the molecule is C=C(CC)C(=N)CN(C)C. The summed E-state index contributed by atoms with van der Waals surface area (Å²) in [5.74, 6) is 0. The topological polar surface area (TPSA) is 27.1 Å². The lowest BCUT2D eigenvalue weighted by atomic mass is 10.1. The molecule has 0 fully saturated rings. The lowest BCUT2D eigenvalue weighted by molar-refractivity contribution is 0.468. The molecule has 0 amide bonds. The molecule has 0 atom stereocenters. The van der Waals surface area contributed by atoms with Crippen molar-refractivity contribution in [3.05, 3.63) is 12.2 Å². The first-order valence-corrected chi connectivity index (χ1v) is 3.48. The Morgan fingerprint density at radius 3 is 2.30 bits per heavy atom. The normalized spacial score (nSPS) is 10.0. The molecular formula is C8H16N2. The average molecular weight is 140 g/mol. The van der Waals surface area contributed by atoms with Crippen molar-refractivity contribution < 1.29 is 0 Å². The maximum Gasteiger partial charge on any atom is 0.0479 e. The van der Waals surface area contributed by atoms with E-state index < -0.39 is 0 Å². The van der Waals surface area contributed by atoms with Crippen LogP contribution in [0.15, 0.2) is 12.2 Å². The predicted molar refractivity (Wildman–Crippen MR) is 45.7 cm³/mol. The third-order valence-corrected chi connectivity index (χ3v) is 1.33. The van der Waals surface area contributed by atoms with Gasteiger partial charge in [0.2, 0.25) is 0 Å². The van der Waals surface area contributed by atoms with Crippen molar-refractivity contribution in [1.82, 2.24) is 4.90 Å². The van der Waals surface area contributed by atoms with Gasteiger partial charge in [-0.05, 0) is 26.1 Å². The van der Waals surface area contributed by atoms with Crippen molar-refractivity contribution >= 4 is 5.71 Å². The third-order valence-electron chi connectivity index (χ3n) is 1.33. The van der Waals surface area contributed by atoms with Crippen LogP contribution in [0.1, 0.15) is 13.3 Å². The van der Waals surface area contributed by atoms with E-state index in [1.165, 1.54) is 0 Å². The van der Waals surface area contributed by atoms with E-state index in [4.69, 9.17) is 5.41 Å². The van der Waals surface area contributed by atoms with E-state index in [1.807, 2.05) is 25.9 Å². The van der Waals surface area contributed by atoms with Gasteiger partial charge < -0.3 is 10.3 Å². The molecule has 0 spiro atoms. The molecule has 0 aliphatic heterocycles. The van der Waals surface area contributed by atoms with Gasteiger partial charge in [0, 0.05) is 12.3 Å². The summed E-state index contributed by atoms with van der Waals surface area (Å²) in [5.41, 5.74) is 1.58. The van der Waals surface area contributed by atoms with Crippen molar-refractivity contribution in [2.75, 3.05) is 20.6 Å². The van der Waals surface area contributed by atoms with Crippen LogP contribution in [-0.2, 0) is 0 Å². The number of nitrogens with zero attached hydrogens (tertiary/aromatic N) is 1. The molecule has 0 bridgehead atoms. The van der Waals surface area contributed by atoms with Crippen LogP contribution in [0.25, 0.3) is 0 Å². The lowest BCUT2D eigenvalue weighted by Crippen LogP contribution is -2.21. The van der Waals surface area contributed by atoms with Crippen LogP contribution in [0.4, 0.5) is 0 Å². The quantitative estimate of drug-likeness (QED) is 0.589. The number of rotatable bonds is 4. The first kappa shape index (κ1) is 9.37. The van der Waals surface area contributed by atoms with E-state index >= 15 is 0 Å². The Morgan fingerprint density at radius 1 is 1.50 bits per heavy atom. The van der Waals surface area contributed by atoms with Crippen LogP contribution in [0.2, 0.25) is 0 Å². The Hall–Kier alpha value is -0.630. The number of nitrogens with one attached hydrogen (secondary N) is 1. The second-order valence-corrected chi connectivity index (χ2v) is 2.67. The van der Waals surface area contributed by atoms with Gasteiger partial charge in [0.1, 0.15) is 0 Å². The van der Waals surface area contributed by atoms with Gasteiger partial charge in [0.15, 0.2) is 0 Å². The molecule has 0 aromatic heterocycles. The maximum atomic E-state index is 7.48. The standard InChI is InChI=1S/C8H16N2/c1-5-7(2)8(9)6-10(3)4/h9H,2,5-6H2,1,3-4H3. The van der Waals surface area contributed by atoms with Crippen LogP contribution in [0.3, 0.4) is 0 Å². The van der Waals surface area contributed by atoms with Gasteiger partial charge in [-0.25, -0.2) is 0 Å². The smallest absolute Gasteiger partial charge is 0.0479 e. The van der Waals surface area contributed by atoms with Crippen LogP contribution in [0.5, 0.6) is 0 Å². The molecule has 1 N–H and O–H groups in total. The molecule has 0 radical (unpaired) electrons. The van der Waals surface area contributed by atoms with E-state index in [0.29, 0.717) is 12.3 Å². The zero-order valence-electron chi connectivity index (χ0n) is 7.07. The molecule has 2 nitrogen and oxygen atoms in total. The molecule has 0 rings (SSSR count). The second kappa shape index (κ2) is 4.23. The van der Waals surface area contributed by atoms with E-state index in [-0.39, 0.29) is 0 Å². The summed E-state index contributed by atoms with van der Waals surface area (Å²) in [7, 11) is 3.91. The minimum atomic E-state index is 0.646. The van der Waals surface area contributed by atoms with E-state index in [9.17, 15) is 0 Å². The highest BCUT2D eigenvalue weighted by molar-refractivity contribution is 5.98. The van der Waals surface area contributed by atoms with Crippen molar-refractivity contribution in [2.24, 2.45) is 0 Å². The molecule has 0 aromatic carbocycles.